The van der Waals surface area contributed by atoms with Crippen molar-refractivity contribution in [3.8, 4) is 0 Å². The van der Waals surface area contributed by atoms with Gasteiger partial charge >= 0.3 is 0 Å². The smallest absolute Gasteiger partial charge is 0.115 e. The van der Waals surface area contributed by atoms with E-state index in [-0.39, 0.29) is 6.04 Å². The molecule has 1 rings (SSSR count). The first-order valence-corrected chi connectivity index (χ1v) is 6.82. The molecular formula is C9H22N4OS. The van der Waals surface area contributed by atoms with Crippen molar-refractivity contribution < 1.29 is 4.55 Å². The van der Waals surface area contributed by atoms with Crippen molar-refractivity contribution in [1.29, 1.82) is 0 Å². The zero-order valence-electron chi connectivity index (χ0n) is 9.56. The predicted molar refractivity (Wildman–Crippen MR) is 63.2 cm³/mol. The van der Waals surface area contributed by atoms with Crippen LogP contribution in [0.1, 0.15) is 12.8 Å². The summed E-state index contributed by atoms with van der Waals surface area (Å²) in [5.74, 6) is 6.08. The van der Waals surface area contributed by atoms with E-state index in [9.17, 15) is 4.55 Å². The summed E-state index contributed by atoms with van der Waals surface area (Å²) < 4.78 is 13.2. The molecule has 4 N–H and O–H groups in total. The first-order chi connectivity index (χ1) is 7.00. The largest absolute Gasteiger partial charge is 0.598 e. The third-order valence-electron chi connectivity index (χ3n) is 2.97. The Hall–Kier alpha value is 0.150. The normalized spacial score (nSPS) is 24.4. The number of hydrogen-bond acceptors (Lipinski definition) is 5. The Bertz CT molecular complexity index is 183. The molecule has 0 aromatic rings. The highest BCUT2D eigenvalue weighted by atomic mass is 32.2. The van der Waals surface area contributed by atoms with Crippen molar-refractivity contribution in [3.63, 3.8) is 0 Å². The first-order valence-electron chi connectivity index (χ1n) is 5.30. The zero-order valence-corrected chi connectivity index (χ0v) is 10.4. The molecule has 2 unspecified atom stereocenters. The van der Waals surface area contributed by atoms with Crippen LogP contribution in [0.4, 0.5) is 0 Å². The van der Waals surface area contributed by atoms with Crippen LogP contribution in [0.5, 0.6) is 0 Å². The third-order valence-corrected chi connectivity index (χ3v) is 4.06. The van der Waals surface area contributed by atoms with Crippen molar-refractivity contribution in [2.24, 2.45) is 17.5 Å². The maximum atomic E-state index is 11.2. The third kappa shape index (κ3) is 4.26. The van der Waals surface area contributed by atoms with Crippen LogP contribution < -0.4 is 11.6 Å². The molecule has 0 aliphatic carbocycles. The highest BCUT2D eigenvalue weighted by molar-refractivity contribution is 7.88. The second-order valence-electron chi connectivity index (χ2n) is 4.29. The number of likely N-dealkylation sites (N-methyl/N-ethyl adjacent to an activating group) is 1. The summed E-state index contributed by atoms with van der Waals surface area (Å²) >= 11 is -0.833. The van der Waals surface area contributed by atoms with E-state index in [4.69, 9.17) is 11.6 Å². The second kappa shape index (κ2) is 6.03. The SMILES string of the molecule is CN(N)CC(N)C1CCN([S+](C)[O-])CC1. The van der Waals surface area contributed by atoms with Gasteiger partial charge < -0.3 is 10.3 Å². The fraction of sp³-hybridized carbons (Fsp3) is 1.00. The standard InChI is InChI=1S/C9H22N4OS/c1-12(11)7-9(10)8-3-5-13(6-4-8)15(2)14/h8-9H,3-7,10-11H2,1-2H3. The molecule has 0 saturated carbocycles. The minimum absolute atomic E-state index is 0.132. The Labute approximate surface area is 95.1 Å². The predicted octanol–water partition coefficient (Wildman–Crippen LogP) is -0.875. The highest BCUT2D eigenvalue weighted by Crippen LogP contribution is 2.21. The van der Waals surface area contributed by atoms with Gasteiger partial charge in [-0.3, -0.25) is 5.84 Å². The average Bonchev–Trinajstić information content (AvgIpc) is 2.17. The second-order valence-corrected chi connectivity index (χ2v) is 5.66. The van der Waals surface area contributed by atoms with Gasteiger partial charge in [0.25, 0.3) is 0 Å². The fourth-order valence-corrected chi connectivity index (χ4v) is 2.77. The molecule has 1 fully saturated rings. The number of hydrazine groups is 1. The molecule has 0 aromatic carbocycles. The van der Waals surface area contributed by atoms with Crippen LogP contribution in [0.15, 0.2) is 0 Å². The lowest BCUT2D eigenvalue weighted by molar-refractivity contribution is 0.208. The molecule has 2 atom stereocenters. The van der Waals surface area contributed by atoms with E-state index in [1.165, 1.54) is 0 Å². The van der Waals surface area contributed by atoms with E-state index in [1.807, 2.05) is 11.4 Å². The Kier molecular flexibility index (Phi) is 5.31. The summed E-state index contributed by atoms with van der Waals surface area (Å²) in [6, 6.07) is 0.132. The molecule has 5 nitrogen and oxygen atoms in total. The van der Waals surface area contributed by atoms with Gasteiger partial charge in [0.15, 0.2) is 0 Å². The van der Waals surface area contributed by atoms with Gasteiger partial charge in [-0.15, -0.1) is 4.31 Å². The van der Waals surface area contributed by atoms with Crippen LogP contribution in [0.2, 0.25) is 0 Å². The van der Waals surface area contributed by atoms with E-state index < -0.39 is 11.4 Å². The number of piperidine rings is 1. The molecule has 0 bridgehead atoms. The van der Waals surface area contributed by atoms with Crippen molar-refractivity contribution in [2.45, 2.75) is 18.9 Å². The lowest BCUT2D eigenvalue weighted by Crippen LogP contribution is -2.48. The van der Waals surface area contributed by atoms with Gasteiger partial charge in [-0.1, -0.05) is 0 Å². The van der Waals surface area contributed by atoms with Crippen molar-refractivity contribution in [2.75, 3.05) is 32.9 Å². The molecule has 1 aliphatic heterocycles. The molecule has 90 valence electrons. The summed E-state index contributed by atoms with van der Waals surface area (Å²) in [6.07, 6.45) is 3.77. The van der Waals surface area contributed by atoms with Crippen LogP contribution in [0.25, 0.3) is 0 Å². The molecular weight excluding hydrogens is 212 g/mol. The van der Waals surface area contributed by atoms with Crippen LogP contribution in [-0.2, 0) is 11.4 Å². The Morgan fingerprint density at radius 1 is 1.53 bits per heavy atom. The molecule has 0 amide bonds. The van der Waals surface area contributed by atoms with Crippen LogP contribution in [0, 0.1) is 5.92 Å². The molecule has 0 spiro atoms. The van der Waals surface area contributed by atoms with Gasteiger partial charge in [-0.05, 0) is 18.8 Å². The molecule has 15 heavy (non-hydrogen) atoms. The molecule has 1 heterocycles. The number of rotatable bonds is 4. The van der Waals surface area contributed by atoms with Crippen molar-refractivity contribution in [1.82, 2.24) is 9.31 Å². The van der Waals surface area contributed by atoms with E-state index >= 15 is 0 Å². The summed E-state index contributed by atoms with van der Waals surface area (Å²) in [7, 11) is 1.83. The number of nitrogens with two attached hydrogens (primary N) is 2. The highest BCUT2D eigenvalue weighted by Gasteiger charge is 2.28. The van der Waals surface area contributed by atoms with Gasteiger partial charge in [0.05, 0.1) is 0 Å². The summed E-state index contributed by atoms with van der Waals surface area (Å²) in [5.41, 5.74) is 6.05. The van der Waals surface area contributed by atoms with E-state index in [1.54, 1.807) is 11.3 Å². The molecule has 0 aromatic heterocycles. The van der Waals surface area contributed by atoms with Crippen LogP contribution in [0.3, 0.4) is 0 Å². The van der Waals surface area contributed by atoms with Crippen molar-refractivity contribution >= 4 is 11.4 Å². The lowest BCUT2D eigenvalue weighted by atomic mass is 9.91. The van der Waals surface area contributed by atoms with Crippen LogP contribution >= 0.6 is 0 Å². The first kappa shape index (κ1) is 13.2. The molecule has 0 radical (unpaired) electrons. The fourth-order valence-electron chi connectivity index (χ4n) is 2.04. The maximum Gasteiger partial charge on any atom is 0.115 e. The average molecular weight is 234 g/mol. The summed E-state index contributed by atoms with van der Waals surface area (Å²) in [4.78, 5) is 0. The number of hydrogen-bond donors (Lipinski definition) is 2. The van der Waals surface area contributed by atoms with E-state index in [0.29, 0.717) is 5.92 Å². The molecule has 1 saturated heterocycles. The monoisotopic (exact) mass is 234 g/mol. The quantitative estimate of drug-likeness (QED) is 0.375. The minimum Gasteiger partial charge on any atom is -0.598 e. The van der Waals surface area contributed by atoms with Gasteiger partial charge in [0.1, 0.15) is 6.26 Å². The maximum absolute atomic E-state index is 11.2. The van der Waals surface area contributed by atoms with Crippen LogP contribution in [-0.4, -0.2) is 52.8 Å². The Morgan fingerprint density at radius 3 is 2.47 bits per heavy atom. The van der Waals surface area contributed by atoms with Gasteiger partial charge in [-0.25, -0.2) is 5.01 Å². The minimum atomic E-state index is -0.833. The van der Waals surface area contributed by atoms with Crippen molar-refractivity contribution in [3.05, 3.63) is 0 Å². The Morgan fingerprint density at radius 2 is 2.07 bits per heavy atom. The topological polar surface area (TPSA) is 81.6 Å². The molecule has 6 heteroatoms. The van der Waals surface area contributed by atoms with Gasteiger partial charge in [0, 0.05) is 44.1 Å². The Balaban J connectivity index is 2.30. The molecule has 1 aliphatic rings. The summed E-state index contributed by atoms with van der Waals surface area (Å²) in [6.45, 7) is 2.49. The van der Waals surface area contributed by atoms with E-state index in [2.05, 4.69) is 0 Å². The zero-order chi connectivity index (χ0) is 11.4. The van der Waals surface area contributed by atoms with Gasteiger partial charge in [-0.2, -0.15) is 0 Å². The lowest BCUT2D eigenvalue weighted by Gasteiger charge is -2.34. The summed E-state index contributed by atoms with van der Waals surface area (Å²) in [5, 5.41) is 1.63. The number of nitrogens with zero attached hydrogens (tertiary/aromatic N) is 2. The van der Waals surface area contributed by atoms with E-state index in [0.717, 1.165) is 32.5 Å². The van der Waals surface area contributed by atoms with Gasteiger partial charge in [0.2, 0.25) is 0 Å².